The molecule has 1 N–H and O–H groups in total. The highest BCUT2D eigenvalue weighted by Crippen LogP contribution is 2.34. The SMILES string of the molecule is FC(F)(F)c1ccc2c(c1)CC[C@H](CN1CCOCC1)N2. The minimum atomic E-state index is -4.26. The lowest BCUT2D eigenvalue weighted by Crippen LogP contribution is -2.44. The molecule has 1 saturated heterocycles. The molecule has 3 nitrogen and oxygen atoms in total. The predicted octanol–water partition coefficient (Wildman–Crippen LogP) is 2.76. The molecular formula is C15H19F3N2O. The standard InChI is InChI=1S/C15H19F3N2O/c16-15(17,18)12-2-4-14-11(9-12)1-3-13(19-14)10-20-5-7-21-8-6-20/h2,4,9,13,19H,1,3,5-8,10H2/t13-/m1/s1. The van der Waals surface area contributed by atoms with Crippen LogP contribution in [0.1, 0.15) is 17.5 Å². The minimum Gasteiger partial charge on any atom is -0.381 e. The predicted molar refractivity (Wildman–Crippen MR) is 74.4 cm³/mol. The van der Waals surface area contributed by atoms with Gasteiger partial charge in [-0.2, -0.15) is 13.2 Å². The Balaban J connectivity index is 1.65. The van der Waals surface area contributed by atoms with Gasteiger partial charge in [-0.1, -0.05) is 0 Å². The first-order valence-corrected chi connectivity index (χ1v) is 7.29. The molecule has 0 spiro atoms. The number of nitrogens with zero attached hydrogens (tertiary/aromatic N) is 1. The highest BCUT2D eigenvalue weighted by atomic mass is 19.4. The Morgan fingerprint density at radius 2 is 2.00 bits per heavy atom. The average molecular weight is 300 g/mol. The normalized spacial score (nSPS) is 23.5. The number of anilines is 1. The molecule has 21 heavy (non-hydrogen) atoms. The van der Waals surface area contributed by atoms with Crippen LogP contribution >= 0.6 is 0 Å². The molecule has 0 saturated carbocycles. The fourth-order valence-electron chi connectivity index (χ4n) is 2.97. The molecule has 0 radical (unpaired) electrons. The number of aryl methyl sites for hydroxylation is 1. The fraction of sp³-hybridized carbons (Fsp3) is 0.600. The quantitative estimate of drug-likeness (QED) is 0.909. The number of ether oxygens (including phenoxy) is 1. The van der Waals surface area contributed by atoms with Crippen LogP contribution in [0.5, 0.6) is 0 Å². The first-order chi connectivity index (χ1) is 10.0. The first-order valence-electron chi connectivity index (χ1n) is 7.29. The van der Waals surface area contributed by atoms with Crippen molar-refractivity contribution in [2.75, 3.05) is 38.2 Å². The van der Waals surface area contributed by atoms with E-state index in [-0.39, 0.29) is 0 Å². The zero-order chi connectivity index (χ0) is 14.9. The van der Waals surface area contributed by atoms with Crippen molar-refractivity contribution in [3.63, 3.8) is 0 Å². The van der Waals surface area contributed by atoms with Crippen LogP contribution in [-0.2, 0) is 17.3 Å². The molecule has 1 aromatic carbocycles. The van der Waals surface area contributed by atoms with Crippen molar-refractivity contribution in [1.82, 2.24) is 4.90 Å². The van der Waals surface area contributed by atoms with Gasteiger partial charge in [0.15, 0.2) is 0 Å². The Labute approximate surface area is 122 Å². The smallest absolute Gasteiger partial charge is 0.381 e. The minimum absolute atomic E-state index is 0.298. The summed E-state index contributed by atoms with van der Waals surface area (Å²) >= 11 is 0. The van der Waals surface area contributed by atoms with Crippen molar-refractivity contribution in [1.29, 1.82) is 0 Å². The maximum Gasteiger partial charge on any atom is 0.416 e. The maximum absolute atomic E-state index is 12.7. The third-order valence-corrected chi connectivity index (χ3v) is 4.14. The van der Waals surface area contributed by atoms with E-state index in [0.717, 1.165) is 56.6 Å². The summed E-state index contributed by atoms with van der Waals surface area (Å²) < 4.78 is 43.4. The summed E-state index contributed by atoms with van der Waals surface area (Å²) in [6, 6.07) is 4.28. The van der Waals surface area contributed by atoms with Gasteiger partial charge in [0.1, 0.15) is 0 Å². The summed E-state index contributed by atoms with van der Waals surface area (Å²) in [6.07, 6.45) is -2.70. The van der Waals surface area contributed by atoms with E-state index in [1.54, 1.807) is 6.07 Å². The molecule has 0 amide bonds. The van der Waals surface area contributed by atoms with Crippen LogP contribution < -0.4 is 5.32 Å². The van der Waals surface area contributed by atoms with Crippen LogP contribution in [0.4, 0.5) is 18.9 Å². The number of fused-ring (bicyclic) bond motifs is 1. The lowest BCUT2D eigenvalue weighted by Gasteiger charge is -2.34. The summed E-state index contributed by atoms with van der Waals surface area (Å²) in [5, 5.41) is 3.37. The van der Waals surface area contributed by atoms with Crippen molar-refractivity contribution in [3.8, 4) is 0 Å². The van der Waals surface area contributed by atoms with Gasteiger partial charge in [-0.25, -0.2) is 0 Å². The van der Waals surface area contributed by atoms with Crippen molar-refractivity contribution in [3.05, 3.63) is 29.3 Å². The number of hydrogen-bond acceptors (Lipinski definition) is 3. The Bertz CT molecular complexity index is 498. The summed E-state index contributed by atoms with van der Waals surface area (Å²) in [7, 11) is 0. The molecule has 0 bridgehead atoms. The molecule has 3 rings (SSSR count). The average Bonchev–Trinajstić information content (AvgIpc) is 2.47. The zero-order valence-electron chi connectivity index (χ0n) is 11.7. The topological polar surface area (TPSA) is 24.5 Å². The van der Waals surface area contributed by atoms with Crippen molar-refractivity contribution in [2.45, 2.75) is 25.1 Å². The van der Waals surface area contributed by atoms with E-state index in [0.29, 0.717) is 12.5 Å². The second-order valence-corrected chi connectivity index (χ2v) is 5.66. The summed E-state index contributed by atoms with van der Waals surface area (Å²) in [4.78, 5) is 2.34. The summed E-state index contributed by atoms with van der Waals surface area (Å²) in [5.41, 5.74) is 1.05. The Kier molecular flexibility index (Phi) is 4.08. The molecular weight excluding hydrogens is 281 g/mol. The van der Waals surface area contributed by atoms with E-state index in [1.807, 2.05) is 0 Å². The molecule has 2 aliphatic heterocycles. The third kappa shape index (κ3) is 3.49. The lowest BCUT2D eigenvalue weighted by molar-refractivity contribution is -0.137. The molecule has 2 aliphatic rings. The number of hydrogen-bond donors (Lipinski definition) is 1. The van der Waals surface area contributed by atoms with Gasteiger partial charge < -0.3 is 10.1 Å². The number of alkyl halides is 3. The van der Waals surface area contributed by atoms with Gasteiger partial charge in [-0.15, -0.1) is 0 Å². The Hall–Kier alpha value is -1.27. The molecule has 6 heteroatoms. The number of morpholine rings is 1. The lowest BCUT2D eigenvalue weighted by atomic mass is 9.96. The van der Waals surface area contributed by atoms with Crippen LogP contribution in [-0.4, -0.2) is 43.8 Å². The van der Waals surface area contributed by atoms with E-state index in [1.165, 1.54) is 6.07 Å². The number of nitrogens with one attached hydrogen (secondary N) is 1. The number of benzene rings is 1. The second kappa shape index (κ2) is 5.85. The molecule has 1 atom stereocenters. The van der Waals surface area contributed by atoms with Gasteiger partial charge in [0.25, 0.3) is 0 Å². The molecule has 0 unspecified atom stereocenters. The van der Waals surface area contributed by atoms with Gasteiger partial charge in [0.05, 0.1) is 18.8 Å². The maximum atomic E-state index is 12.7. The second-order valence-electron chi connectivity index (χ2n) is 5.66. The van der Waals surface area contributed by atoms with Gasteiger partial charge in [-0.05, 0) is 36.6 Å². The summed E-state index contributed by atoms with van der Waals surface area (Å²) in [6.45, 7) is 4.30. The van der Waals surface area contributed by atoms with Crippen LogP contribution in [0.25, 0.3) is 0 Å². The Morgan fingerprint density at radius 1 is 1.24 bits per heavy atom. The highest BCUT2D eigenvalue weighted by Gasteiger charge is 2.32. The molecule has 1 aromatic rings. The van der Waals surface area contributed by atoms with Gasteiger partial charge in [-0.3, -0.25) is 4.90 Å². The van der Waals surface area contributed by atoms with Gasteiger partial charge >= 0.3 is 6.18 Å². The van der Waals surface area contributed by atoms with Crippen LogP contribution in [0.15, 0.2) is 18.2 Å². The largest absolute Gasteiger partial charge is 0.416 e. The van der Waals surface area contributed by atoms with E-state index in [9.17, 15) is 13.2 Å². The van der Waals surface area contributed by atoms with E-state index in [2.05, 4.69) is 10.2 Å². The first kappa shape index (κ1) is 14.7. The number of rotatable bonds is 2. The fourth-order valence-corrected chi connectivity index (χ4v) is 2.97. The van der Waals surface area contributed by atoms with Crippen molar-refractivity contribution < 1.29 is 17.9 Å². The molecule has 0 aliphatic carbocycles. The van der Waals surface area contributed by atoms with E-state index >= 15 is 0 Å². The van der Waals surface area contributed by atoms with Crippen LogP contribution in [0.3, 0.4) is 0 Å². The zero-order valence-corrected chi connectivity index (χ0v) is 11.7. The van der Waals surface area contributed by atoms with Gasteiger partial charge in [0, 0.05) is 31.4 Å². The molecule has 0 aromatic heterocycles. The van der Waals surface area contributed by atoms with Gasteiger partial charge in [0.2, 0.25) is 0 Å². The van der Waals surface area contributed by atoms with E-state index < -0.39 is 11.7 Å². The van der Waals surface area contributed by atoms with Crippen molar-refractivity contribution in [2.24, 2.45) is 0 Å². The molecule has 2 heterocycles. The Morgan fingerprint density at radius 3 is 2.71 bits per heavy atom. The molecule has 116 valence electrons. The molecule has 1 fully saturated rings. The van der Waals surface area contributed by atoms with E-state index in [4.69, 9.17) is 4.74 Å². The third-order valence-electron chi connectivity index (χ3n) is 4.14. The monoisotopic (exact) mass is 300 g/mol. The number of halogens is 3. The van der Waals surface area contributed by atoms with Crippen LogP contribution in [0.2, 0.25) is 0 Å². The highest BCUT2D eigenvalue weighted by molar-refractivity contribution is 5.55. The summed E-state index contributed by atoms with van der Waals surface area (Å²) in [5.74, 6) is 0. The van der Waals surface area contributed by atoms with Crippen molar-refractivity contribution >= 4 is 5.69 Å². The van der Waals surface area contributed by atoms with Crippen LogP contribution in [0, 0.1) is 0 Å².